The van der Waals surface area contributed by atoms with Crippen molar-refractivity contribution in [3.05, 3.63) is 35.4 Å². The molecule has 1 aromatic rings. The molecule has 1 aromatic carbocycles. The molecule has 0 radical (unpaired) electrons. The number of carbonyl (C=O) groups excluding carboxylic acids is 1. The summed E-state index contributed by atoms with van der Waals surface area (Å²) in [6.45, 7) is 2.05. The molecule has 0 spiro atoms. The van der Waals surface area contributed by atoms with Gasteiger partial charge in [0.1, 0.15) is 0 Å². The highest BCUT2D eigenvalue weighted by Crippen LogP contribution is 2.58. The first kappa shape index (κ1) is 9.14. The minimum atomic E-state index is 0.376. The van der Waals surface area contributed by atoms with Crippen LogP contribution in [0.3, 0.4) is 0 Å². The molecule has 15 heavy (non-hydrogen) atoms. The second-order valence-electron chi connectivity index (χ2n) is 5.02. The Hall–Kier alpha value is -1.11. The van der Waals surface area contributed by atoms with E-state index in [9.17, 15) is 4.79 Å². The standard InChI is InChI=1S/C14H16O/c1-9-4-2-5-10(8-9)14(15)13-11-6-3-7-12(11)13/h2,4-5,8,11-13H,3,6-7H2,1H3. The third-order valence-electron chi connectivity index (χ3n) is 4.01. The van der Waals surface area contributed by atoms with Crippen molar-refractivity contribution in [1.82, 2.24) is 0 Å². The predicted octanol–water partition coefficient (Wildman–Crippen LogP) is 3.22. The smallest absolute Gasteiger partial charge is 0.166 e. The van der Waals surface area contributed by atoms with Gasteiger partial charge in [0, 0.05) is 11.5 Å². The van der Waals surface area contributed by atoms with Crippen LogP contribution in [0.4, 0.5) is 0 Å². The van der Waals surface area contributed by atoms with Gasteiger partial charge < -0.3 is 0 Å². The Balaban J connectivity index is 1.81. The fourth-order valence-corrected chi connectivity index (χ4v) is 3.20. The number of hydrogen-bond donors (Lipinski definition) is 0. The molecule has 0 N–H and O–H groups in total. The van der Waals surface area contributed by atoms with Gasteiger partial charge in [0.2, 0.25) is 0 Å². The van der Waals surface area contributed by atoms with Crippen LogP contribution >= 0.6 is 0 Å². The van der Waals surface area contributed by atoms with Crippen LogP contribution in [0.5, 0.6) is 0 Å². The summed E-state index contributed by atoms with van der Waals surface area (Å²) in [6.07, 6.45) is 3.91. The van der Waals surface area contributed by atoms with Crippen molar-refractivity contribution in [2.75, 3.05) is 0 Å². The van der Waals surface area contributed by atoms with Crippen molar-refractivity contribution in [3.63, 3.8) is 0 Å². The molecule has 2 unspecified atom stereocenters. The maximum Gasteiger partial charge on any atom is 0.166 e. The zero-order valence-electron chi connectivity index (χ0n) is 9.07. The number of benzene rings is 1. The van der Waals surface area contributed by atoms with Crippen LogP contribution in [0.1, 0.15) is 35.2 Å². The maximum absolute atomic E-state index is 12.2. The first-order chi connectivity index (χ1) is 7.27. The monoisotopic (exact) mass is 200 g/mol. The van der Waals surface area contributed by atoms with Gasteiger partial charge in [0.25, 0.3) is 0 Å². The summed E-state index contributed by atoms with van der Waals surface area (Å²) in [5.74, 6) is 2.24. The van der Waals surface area contributed by atoms with Gasteiger partial charge in [0.15, 0.2) is 5.78 Å². The van der Waals surface area contributed by atoms with E-state index in [4.69, 9.17) is 0 Å². The van der Waals surface area contributed by atoms with Crippen LogP contribution in [-0.2, 0) is 0 Å². The van der Waals surface area contributed by atoms with E-state index in [0.29, 0.717) is 11.7 Å². The molecule has 2 aliphatic carbocycles. The first-order valence-electron chi connectivity index (χ1n) is 5.88. The van der Waals surface area contributed by atoms with Crippen LogP contribution in [-0.4, -0.2) is 5.78 Å². The number of fused-ring (bicyclic) bond motifs is 1. The molecule has 2 saturated carbocycles. The number of carbonyl (C=O) groups is 1. The number of ketones is 1. The van der Waals surface area contributed by atoms with Crippen molar-refractivity contribution >= 4 is 5.78 Å². The van der Waals surface area contributed by atoms with E-state index in [1.807, 2.05) is 31.2 Å². The predicted molar refractivity (Wildman–Crippen MR) is 59.8 cm³/mol. The van der Waals surface area contributed by atoms with Crippen molar-refractivity contribution in [3.8, 4) is 0 Å². The summed E-state index contributed by atoms with van der Waals surface area (Å²) >= 11 is 0. The quantitative estimate of drug-likeness (QED) is 0.670. The Morgan fingerprint density at radius 3 is 2.67 bits per heavy atom. The van der Waals surface area contributed by atoms with Gasteiger partial charge in [0.05, 0.1) is 0 Å². The van der Waals surface area contributed by atoms with E-state index >= 15 is 0 Å². The molecule has 78 valence electrons. The number of aryl methyl sites for hydroxylation is 1. The van der Waals surface area contributed by atoms with E-state index in [-0.39, 0.29) is 0 Å². The molecule has 0 aliphatic heterocycles. The molecular formula is C14H16O. The lowest BCUT2D eigenvalue weighted by atomic mass is 10.0. The lowest BCUT2D eigenvalue weighted by Crippen LogP contribution is -2.06. The van der Waals surface area contributed by atoms with Crippen molar-refractivity contribution in [2.45, 2.75) is 26.2 Å². The second kappa shape index (κ2) is 3.19. The average Bonchev–Trinajstić information content (AvgIpc) is 2.70. The summed E-state index contributed by atoms with van der Waals surface area (Å²) in [6, 6.07) is 8.02. The highest BCUT2D eigenvalue weighted by Gasteiger charge is 2.56. The van der Waals surface area contributed by atoms with Crippen LogP contribution in [0, 0.1) is 24.7 Å². The topological polar surface area (TPSA) is 17.1 Å². The summed E-state index contributed by atoms with van der Waals surface area (Å²) in [5.41, 5.74) is 2.11. The number of hydrogen-bond acceptors (Lipinski definition) is 1. The Morgan fingerprint density at radius 2 is 2.00 bits per heavy atom. The molecule has 0 saturated heterocycles. The molecule has 2 aliphatic rings. The van der Waals surface area contributed by atoms with Gasteiger partial charge in [-0.3, -0.25) is 4.79 Å². The summed E-state index contributed by atoms with van der Waals surface area (Å²) in [5, 5.41) is 0. The molecule has 2 atom stereocenters. The van der Waals surface area contributed by atoms with Crippen molar-refractivity contribution in [2.24, 2.45) is 17.8 Å². The molecule has 0 bridgehead atoms. The molecule has 0 amide bonds. The maximum atomic E-state index is 12.2. The molecule has 3 rings (SSSR count). The minimum absolute atomic E-state index is 0.376. The summed E-state index contributed by atoms with van der Waals surface area (Å²) in [4.78, 5) is 12.2. The summed E-state index contributed by atoms with van der Waals surface area (Å²) < 4.78 is 0. The number of Topliss-reactive ketones (excluding diaryl/α,β-unsaturated/α-hetero) is 1. The lowest BCUT2D eigenvalue weighted by molar-refractivity contribution is 0.0951. The third kappa shape index (κ3) is 1.41. The van der Waals surface area contributed by atoms with E-state index < -0.39 is 0 Å². The Kier molecular flexibility index (Phi) is 1.95. The zero-order chi connectivity index (χ0) is 10.4. The third-order valence-corrected chi connectivity index (χ3v) is 4.01. The van der Waals surface area contributed by atoms with Gasteiger partial charge >= 0.3 is 0 Å². The Bertz CT molecular complexity index is 398. The van der Waals surface area contributed by atoms with Crippen LogP contribution in [0.2, 0.25) is 0 Å². The SMILES string of the molecule is Cc1cccc(C(=O)C2C3CCCC32)c1. The Morgan fingerprint density at radius 1 is 1.27 bits per heavy atom. The lowest BCUT2D eigenvalue weighted by Gasteiger charge is -2.03. The fraction of sp³-hybridized carbons (Fsp3) is 0.500. The highest BCUT2D eigenvalue weighted by molar-refractivity contribution is 6.00. The molecule has 2 fully saturated rings. The fourth-order valence-electron chi connectivity index (χ4n) is 3.20. The van der Waals surface area contributed by atoms with Gasteiger partial charge in [-0.15, -0.1) is 0 Å². The molecule has 1 heteroatoms. The Labute approximate surface area is 90.5 Å². The normalized spacial score (nSPS) is 32.5. The van der Waals surface area contributed by atoms with E-state index in [1.165, 1.54) is 24.8 Å². The van der Waals surface area contributed by atoms with Crippen LogP contribution in [0.15, 0.2) is 24.3 Å². The average molecular weight is 200 g/mol. The molecule has 1 nitrogen and oxygen atoms in total. The van der Waals surface area contributed by atoms with E-state index in [0.717, 1.165) is 17.4 Å². The number of rotatable bonds is 2. The van der Waals surface area contributed by atoms with E-state index in [1.54, 1.807) is 0 Å². The molecular weight excluding hydrogens is 184 g/mol. The van der Waals surface area contributed by atoms with Gasteiger partial charge in [-0.25, -0.2) is 0 Å². The van der Waals surface area contributed by atoms with Crippen LogP contribution in [0.25, 0.3) is 0 Å². The van der Waals surface area contributed by atoms with Gasteiger partial charge in [-0.05, 0) is 37.7 Å². The largest absolute Gasteiger partial charge is 0.294 e. The first-order valence-corrected chi connectivity index (χ1v) is 5.88. The second-order valence-corrected chi connectivity index (χ2v) is 5.02. The van der Waals surface area contributed by atoms with Gasteiger partial charge in [-0.1, -0.05) is 30.2 Å². The summed E-state index contributed by atoms with van der Waals surface area (Å²) in [7, 11) is 0. The zero-order valence-corrected chi connectivity index (χ0v) is 9.07. The van der Waals surface area contributed by atoms with Crippen molar-refractivity contribution < 1.29 is 4.79 Å². The van der Waals surface area contributed by atoms with Crippen LogP contribution < -0.4 is 0 Å². The molecule has 0 aromatic heterocycles. The van der Waals surface area contributed by atoms with Crippen molar-refractivity contribution in [1.29, 1.82) is 0 Å². The molecule has 0 heterocycles. The van der Waals surface area contributed by atoms with Gasteiger partial charge in [-0.2, -0.15) is 0 Å². The minimum Gasteiger partial charge on any atom is -0.294 e. The van der Waals surface area contributed by atoms with E-state index in [2.05, 4.69) is 0 Å². The highest BCUT2D eigenvalue weighted by atomic mass is 16.1.